The number of carbonyl (C=O) groups excluding carboxylic acids is 3. The fourth-order valence-electron chi connectivity index (χ4n) is 2.84. The van der Waals surface area contributed by atoms with E-state index in [-0.39, 0.29) is 5.57 Å². The van der Waals surface area contributed by atoms with E-state index >= 15 is 0 Å². The van der Waals surface area contributed by atoms with Crippen LogP contribution in [-0.4, -0.2) is 24.5 Å². The molecule has 1 N–H and O–H groups in total. The van der Waals surface area contributed by atoms with Crippen LogP contribution in [0.2, 0.25) is 0 Å². The van der Waals surface area contributed by atoms with E-state index in [1.54, 1.807) is 43.3 Å². The van der Waals surface area contributed by atoms with Crippen LogP contribution in [-0.2, 0) is 9.59 Å². The van der Waals surface area contributed by atoms with Crippen molar-refractivity contribution >= 4 is 45.5 Å². The summed E-state index contributed by atoms with van der Waals surface area (Å²) in [5.74, 6) is -0.837. The van der Waals surface area contributed by atoms with Crippen molar-refractivity contribution in [3.05, 3.63) is 63.6 Å². The number of para-hydroxylation sites is 1. The molecule has 0 bridgehead atoms. The third-order valence-corrected chi connectivity index (χ3v) is 4.68. The maximum Gasteiger partial charge on any atom is 0.335 e. The van der Waals surface area contributed by atoms with Crippen molar-refractivity contribution in [1.29, 1.82) is 0 Å². The molecule has 1 heterocycles. The van der Waals surface area contributed by atoms with Gasteiger partial charge in [0.15, 0.2) is 0 Å². The van der Waals surface area contributed by atoms with Gasteiger partial charge in [-0.25, -0.2) is 9.69 Å². The highest BCUT2D eigenvalue weighted by Crippen LogP contribution is 2.28. The maximum absolute atomic E-state index is 13.0. The minimum Gasteiger partial charge on any atom is -0.493 e. The molecule has 0 aromatic heterocycles. The lowest BCUT2D eigenvalue weighted by atomic mass is 10.1. The van der Waals surface area contributed by atoms with E-state index in [0.29, 0.717) is 23.6 Å². The van der Waals surface area contributed by atoms with E-state index in [4.69, 9.17) is 4.74 Å². The molecule has 0 atom stereocenters. The van der Waals surface area contributed by atoms with Crippen LogP contribution in [0.5, 0.6) is 5.75 Å². The Morgan fingerprint density at radius 1 is 1.14 bits per heavy atom. The number of carbonyl (C=O) groups is 3. The Kier molecular flexibility index (Phi) is 5.94. The summed E-state index contributed by atoms with van der Waals surface area (Å²) in [6, 6.07) is 11.5. The molecule has 3 rings (SSSR count). The molecule has 0 aliphatic carbocycles. The largest absolute Gasteiger partial charge is 0.493 e. The second kappa shape index (κ2) is 8.39. The molecule has 0 radical (unpaired) electrons. The van der Waals surface area contributed by atoms with Gasteiger partial charge >= 0.3 is 6.03 Å². The SMILES string of the molecule is CCCOc1ccccc1/C=C1/C(=O)NC(=O)N(c2ccc(Br)cc2C)C1=O. The molecule has 144 valence electrons. The lowest BCUT2D eigenvalue weighted by molar-refractivity contribution is -0.122. The van der Waals surface area contributed by atoms with E-state index < -0.39 is 17.8 Å². The number of hydrogen-bond acceptors (Lipinski definition) is 4. The van der Waals surface area contributed by atoms with Gasteiger partial charge in [-0.05, 0) is 49.2 Å². The zero-order chi connectivity index (χ0) is 20.3. The average Bonchev–Trinajstić information content (AvgIpc) is 2.65. The van der Waals surface area contributed by atoms with Crippen LogP contribution in [0.3, 0.4) is 0 Å². The number of nitrogens with zero attached hydrogens (tertiary/aromatic N) is 1. The van der Waals surface area contributed by atoms with E-state index in [9.17, 15) is 14.4 Å². The fraction of sp³-hybridized carbons (Fsp3) is 0.190. The van der Waals surface area contributed by atoms with Gasteiger partial charge in [-0.2, -0.15) is 0 Å². The molecule has 2 aromatic carbocycles. The van der Waals surface area contributed by atoms with E-state index in [2.05, 4.69) is 21.2 Å². The van der Waals surface area contributed by atoms with Crippen molar-refractivity contribution in [2.45, 2.75) is 20.3 Å². The summed E-state index contributed by atoms with van der Waals surface area (Å²) >= 11 is 3.36. The zero-order valence-corrected chi connectivity index (χ0v) is 17.1. The minimum atomic E-state index is -0.770. The number of aryl methyl sites for hydroxylation is 1. The number of ether oxygens (including phenoxy) is 1. The summed E-state index contributed by atoms with van der Waals surface area (Å²) in [7, 11) is 0. The summed E-state index contributed by atoms with van der Waals surface area (Å²) in [5, 5.41) is 2.24. The van der Waals surface area contributed by atoms with Crippen LogP contribution < -0.4 is 15.0 Å². The Balaban J connectivity index is 2.02. The molecule has 7 heteroatoms. The molecular formula is C21H19BrN2O4. The number of rotatable bonds is 5. The molecule has 1 aliphatic rings. The van der Waals surface area contributed by atoms with Gasteiger partial charge in [-0.1, -0.05) is 41.1 Å². The number of halogens is 1. The highest BCUT2D eigenvalue weighted by molar-refractivity contribution is 9.10. The van der Waals surface area contributed by atoms with Crippen molar-refractivity contribution in [1.82, 2.24) is 5.32 Å². The lowest BCUT2D eigenvalue weighted by Crippen LogP contribution is -2.54. The number of urea groups is 1. The molecule has 0 spiro atoms. The van der Waals surface area contributed by atoms with Crippen LogP contribution >= 0.6 is 15.9 Å². The van der Waals surface area contributed by atoms with Crippen LogP contribution in [0.15, 0.2) is 52.5 Å². The van der Waals surface area contributed by atoms with Gasteiger partial charge < -0.3 is 4.74 Å². The van der Waals surface area contributed by atoms with Gasteiger partial charge in [0, 0.05) is 10.0 Å². The minimum absolute atomic E-state index is 0.130. The summed E-state index contributed by atoms with van der Waals surface area (Å²) in [6.45, 7) is 4.29. The third-order valence-electron chi connectivity index (χ3n) is 4.18. The fourth-order valence-corrected chi connectivity index (χ4v) is 3.32. The van der Waals surface area contributed by atoms with Gasteiger partial charge in [0.2, 0.25) is 0 Å². The Morgan fingerprint density at radius 2 is 1.89 bits per heavy atom. The summed E-state index contributed by atoms with van der Waals surface area (Å²) < 4.78 is 6.52. The molecule has 6 nitrogen and oxygen atoms in total. The first kappa shape index (κ1) is 19.8. The molecule has 28 heavy (non-hydrogen) atoms. The summed E-state index contributed by atoms with van der Waals surface area (Å²) in [4.78, 5) is 38.7. The average molecular weight is 443 g/mol. The van der Waals surface area contributed by atoms with Gasteiger partial charge in [0.25, 0.3) is 11.8 Å². The van der Waals surface area contributed by atoms with Gasteiger partial charge in [-0.15, -0.1) is 0 Å². The number of benzene rings is 2. The molecule has 0 unspecified atom stereocenters. The Hall–Kier alpha value is -2.93. The quantitative estimate of drug-likeness (QED) is 0.555. The van der Waals surface area contributed by atoms with Gasteiger partial charge in [-0.3, -0.25) is 14.9 Å². The summed E-state index contributed by atoms with van der Waals surface area (Å²) in [5.41, 5.74) is 1.60. The number of nitrogens with one attached hydrogen (secondary N) is 1. The van der Waals surface area contributed by atoms with Crippen molar-refractivity contribution in [3.8, 4) is 5.75 Å². The van der Waals surface area contributed by atoms with Crippen LogP contribution in [0.1, 0.15) is 24.5 Å². The molecule has 2 aromatic rings. The maximum atomic E-state index is 13.0. The first-order valence-corrected chi connectivity index (χ1v) is 9.61. The van der Waals surface area contributed by atoms with Crippen molar-refractivity contribution in [2.75, 3.05) is 11.5 Å². The Bertz CT molecular complexity index is 984. The van der Waals surface area contributed by atoms with E-state index in [1.165, 1.54) is 6.08 Å². The van der Waals surface area contributed by atoms with Gasteiger partial charge in [0.05, 0.1) is 12.3 Å². The Labute approximate surface area is 171 Å². The molecule has 1 aliphatic heterocycles. The number of imide groups is 2. The third kappa shape index (κ3) is 3.99. The predicted octanol–water partition coefficient (Wildman–Crippen LogP) is 4.21. The normalized spacial score (nSPS) is 15.8. The van der Waals surface area contributed by atoms with Crippen molar-refractivity contribution in [2.24, 2.45) is 0 Å². The molecule has 1 saturated heterocycles. The number of amides is 4. The first-order chi connectivity index (χ1) is 13.4. The summed E-state index contributed by atoms with van der Waals surface area (Å²) in [6.07, 6.45) is 2.28. The molecule has 4 amide bonds. The monoisotopic (exact) mass is 442 g/mol. The van der Waals surface area contributed by atoms with Crippen LogP contribution in [0.25, 0.3) is 6.08 Å². The number of hydrogen-bond donors (Lipinski definition) is 1. The zero-order valence-electron chi connectivity index (χ0n) is 15.5. The predicted molar refractivity (Wildman–Crippen MR) is 110 cm³/mol. The Morgan fingerprint density at radius 3 is 2.61 bits per heavy atom. The smallest absolute Gasteiger partial charge is 0.335 e. The molecular weight excluding hydrogens is 424 g/mol. The molecule has 1 fully saturated rings. The second-order valence-corrected chi connectivity index (χ2v) is 7.19. The number of anilines is 1. The van der Waals surface area contributed by atoms with Crippen LogP contribution in [0, 0.1) is 6.92 Å². The molecule has 0 saturated carbocycles. The van der Waals surface area contributed by atoms with Crippen molar-refractivity contribution in [3.63, 3.8) is 0 Å². The van der Waals surface area contributed by atoms with E-state index in [0.717, 1.165) is 21.4 Å². The van der Waals surface area contributed by atoms with Crippen LogP contribution in [0.4, 0.5) is 10.5 Å². The highest BCUT2D eigenvalue weighted by atomic mass is 79.9. The standard InChI is InChI=1S/C21H19BrN2O4/c1-3-10-28-18-7-5-4-6-14(18)12-16-19(25)23-21(27)24(20(16)26)17-9-8-15(22)11-13(17)2/h4-9,11-12H,3,10H2,1-2H3,(H,23,25,27)/b16-12-. The van der Waals surface area contributed by atoms with Crippen molar-refractivity contribution < 1.29 is 19.1 Å². The lowest BCUT2D eigenvalue weighted by Gasteiger charge is -2.27. The number of barbiturate groups is 1. The highest BCUT2D eigenvalue weighted by Gasteiger charge is 2.37. The topological polar surface area (TPSA) is 75.7 Å². The first-order valence-electron chi connectivity index (χ1n) is 8.81. The second-order valence-electron chi connectivity index (χ2n) is 6.27. The van der Waals surface area contributed by atoms with Gasteiger partial charge in [0.1, 0.15) is 11.3 Å². The van der Waals surface area contributed by atoms with E-state index in [1.807, 2.05) is 13.0 Å².